The highest BCUT2D eigenvalue weighted by molar-refractivity contribution is 9.10. The summed E-state index contributed by atoms with van der Waals surface area (Å²) in [5, 5.41) is 5.27. The van der Waals surface area contributed by atoms with Crippen LogP contribution in [0, 0.1) is 13.8 Å². The molecule has 2 aromatic carbocycles. The van der Waals surface area contributed by atoms with Crippen molar-refractivity contribution in [2.24, 2.45) is 0 Å². The number of rotatable bonds is 5. The number of anilines is 1. The van der Waals surface area contributed by atoms with E-state index < -0.39 is 0 Å². The second-order valence-corrected chi connectivity index (χ2v) is 7.35. The van der Waals surface area contributed by atoms with Crippen LogP contribution < -0.4 is 10.1 Å². The number of nitrogens with one attached hydrogen (secondary N) is 1. The summed E-state index contributed by atoms with van der Waals surface area (Å²) in [6, 6.07) is 13.7. The van der Waals surface area contributed by atoms with Gasteiger partial charge in [-0.2, -0.15) is 0 Å². The van der Waals surface area contributed by atoms with Crippen LogP contribution in [0.15, 0.2) is 52.3 Å². The van der Waals surface area contributed by atoms with Crippen LogP contribution in [0.4, 0.5) is 5.13 Å². The first-order valence-electron chi connectivity index (χ1n) is 7.73. The molecule has 3 rings (SSSR count). The monoisotopic (exact) mass is 416 g/mol. The van der Waals surface area contributed by atoms with Crippen LogP contribution in [0.5, 0.6) is 5.75 Å². The topological polar surface area (TPSA) is 51.2 Å². The molecule has 0 radical (unpaired) electrons. The van der Waals surface area contributed by atoms with Gasteiger partial charge in [0.25, 0.3) is 5.91 Å². The molecule has 1 amide bonds. The largest absolute Gasteiger partial charge is 0.483 e. The number of benzene rings is 2. The Balaban J connectivity index is 1.60. The van der Waals surface area contributed by atoms with Crippen molar-refractivity contribution in [1.29, 1.82) is 0 Å². The van der Waals surface area contributed by atoms with Crippen LogP contribution >= 0.6 is 27.3 Å². The molecule has 0 fully saturated rings. The third kappa shape index (κ3) is 4.46. The second-order valence-electron chi connectivity index (χ2n) is 5.58. The highest BCUT2D eigenvalue weighted by Gasteiger charge is 2.10. The molecule has 3 aromatic rings. The van der Waals surface area contributed by atoms with Crippen molar-refractivity contribution >= 4 is 38.3 Å². The molecule has 1 heterocycles. The van der Waals surface area contributed by atoms with E-state index in [1.54, 1.807) is 0 Å². The van der Waals surface area contributed by atoms with Crippen LogP contribution in [0.25, 0.3) is 11.3 Å². The van der Waals surface area contributed by atoms with E-state index in [0.29, 0.717) is 5.13 Å². The van der Waals surface area contributed by atoms with Gasteiger partial charge in [-0.05, 0) is 43.2 Å². The fourth-order valence-corrected chi connectivity index (χ4v) is 3.26. The van der Waals surface area contributed by atoms with Gasteiger partial charge in [0.05, 0.1) is 5.69 Å². The lowest BCUT2D eigenvalue weighted by Crippen LogP contribution is -2.20. The summed E-state index contributed by atoms with van der Waals surface area (Å²) < 4.78 is 6.63. The predicted molar refractivity (Wildman–Crippen MR) is 105 cm³/mol. The first-order valence-corrected chi connectivity index (χ1v) is 9.40. The van der Waals surface area contributed by atoms with Crippen LogP contribution in [0.3, 0.4) is 0 Å². The van der Waals surface area contributed by atoms with Crippen molar-refractivity contribution in [3.05, 3.63) is 63.4 Å². The van der Waals surface area contributed by atoms with Crippen molar-refractivity contribution in [2.75, 3.05) is 11.9 Å². The van der Waals surface area contributed by atoms with Crippen molar-refractivity contribution in [3.8, 4) is 17.0 Å². The van der Waals surface area contributed by atoms with Gasteiger partial charge in [-0.25, -0.2) is 4.98 Å². The molecule has 0 saturated heterocycles. The van der Waals surface area contributed by atoms with Crippen LogP contribution in [-0.4, -0.2) is 17.5 Å². The average molecular weight is 417 g/mol. The standard InChI is InChI=1S/C19H17BrN2O2S/c1-12-4-3-5-17(13(12)2)24-10-18(23)22-19-21-16(11-25-19)14-6-8-15(20)9-7-14/h3-9,11H,10H2,1-2H3,(H,21,22,23). The number of carbonyl (C=O) groups is 1. The zero-order valence-electron chi connectivity index (χ0n) is 13.9. The molecule has 1 N–H and O–H groups in total. The summed E-state index contributed by atoms with van der Waals surface area (Å²) in [5.74, 6) is 0.502. The average Bonchev–Trinajstić information content (AvgIpc) is 3.05. The fraction of sp³-hybridized carbons (Fsp3) is 0.158. The summed E-state index contributed by atoms with van der Waals surface area (Å²) in [4.78, 5) is 16.5. The van der Waals surface area contributed by atoms with Crippen molar-refractivity contribution < 1.29 is 9.53 Å². The van der Waals surface area contributed by atoms with Crippen molar-refractivity contribution in [3.63, 3.8) is 0 Å². The predicted octanol–water partition coefficient (Wildman–Crippen LogP) is 5.21. The van der Waals surface area contributed by atoms with Gasteiger partial charge < -0.3 is 4.74 Å². The lowest BCUT2D eigenvalue weighted by atomic mass is 10.1. The molecule has 0 saturated carbocycles. The Morgan fingerprint density at radius 3 is 2.72 bits per heavy atom. The minimum absolute atomic E-state index is 0.0442. The number of thiazole rings is 1. The first kappa shape index (κ1) is 17.6. The fourth-order valence-electron chi connectivity index (χ4n) is 2.26. The number of aromatic nitrogens is 1. The minimum Gasteiger partial charge on any atom is -0.483 e. The SMILES string of the molecule is Cc1cccc(OCC(=O)Nc2nc(-c3ccc(Br)cc3)cs2)c1C. The lowest BCUT2D eigenvalue weighted by Gasteiger charge is -2.10. The molecule has 0 atom stereocenters. The molecule has 0 spiro atoms. The molecule has 6 heteroatoms. The maximum absolute atomic E-state index is 12.1. The molecule has 0 bridgehead atoms. The highest BCUT2D eigenvalue weighted by Crippen LogP contribution is 2.26. The summed E-state index contributed by atoms with van der Waals surface area (Å²) in [5.41, 5.74) is 4.02. The van der Waals surface area contributed by atoms with Crippen LogP contribution in [0.1, 0.15) is 11.1 Å². The Kier molecular flexibility index (Phi) is 5.50. The van der Waals surface area contributed by atoms with Gasteiger partial charge in [0, 0.05) is 15.4 Å². The van der Waals surface area contributed by atoms with E-state index in [2.05, 4.69) is 26.2 Å². The summed E-state index contributed by atoms with van der Waals surface area (Å²) in [7, 11) is 0. The van der Waals surface area contributed by atoms with E-state index in [1.165, 1.54) is 11.3 Å². The Labute approximate surface area is 159 Å². The minimum atomic E-state index is -0.224. The van der Waals surface area contributed by atoms with E-state index >= 15 is 0 Å². The molecule has 25 heavy (non-hydrogen) atoms. The normalized spacial score (nSPS) is 10.5. The van der Waals surface area contributed by atoms with Gasteiger partial charge in [-0.3, -0.25) is 10.1 Å². The number of aryl methyl sites for hydroxylation is 1. The first-order chi connectivity index (χ1) is 12.0. The Hall–Kier alpha value is -2.18. The van der Waals surface area contributed by atoms with E-state index in [4.69, 9.17) is 4.74 Å². The van der Waals surface area contributed by atoms with Crippen LogP contribution in [0.2, 0.25) is 0 Å². The van der Waals surface area contributed by atoms with Crippen molar-refractivity contribution in [1.82, 2.24) is 4.98 Å². The molecule has 4 nitrogen and oxygen atoms in total. The second kappa shape index (κ2) is 7.80. The Morgan fingerprint density at radius 1 is 1.20 bits per heavy atom. The maximum atomic E-state index is 12.1. The number of amides is 1. The summed E-state index contributed by atoms with van der Waals surface area (Å²) >= 11 is 4.81. The number of carbonyl (C=O) groups excluding carboxylic acids is 1. The molecule has 0 unspecified atom stereocenters. The molecular weight excluding hydrogens is 400 g/mol. The Bertz CT molecular complexity index is 891. The smallest absolute Gasteiger partial charge is 0.264 e. The van der Waals surface area contributed by atoms with Gasteiger partial charge in [-0.15, -0.1) is 11.3 Å². The maximum Gasteiger partial charge on any atom is 0.264 e. The van der Waals surface area contributed by atoms with Crippen molar-refractivity contribution in [2.45, 2.75) is 13.8 Å². The third-order valence-corrected chi connectivity index (χ3v) is 5.09. The van der Waals surface area contributed by atoms with E-state index in [9.17, 15) is 4.79 Å². The van der Waals surface area contributed by atoms with Crippen LogP contribution in [-0.2, 0) is 4.79 Å². The third-order valence-electron chi connectivity index (χ3n) is 3.80. The van der Waals surface area contributed by atoms with Gasteiger partial charge >= 0.3 is 0 Å². The number of nitrogens with zero attached hydrogens (tertiary/aromatic N) is 1. The summed E-state index contributed by atoms with van der Waals surface area (Å²) in [6.45, 7) is 3.95. The Morgan fingerprint density at radius 2 is 1.96 bits per heavy atom. The number of hydrogen-bond donors (Lipinski definition) is 1. The molecule has 0 aliphatic carbocycles. The van der Waals surface area contributed by atoms with Gasteiger partial charge in [0.2, 0.25) is 0 Å². The summed E-state index contributed by atoms with van der Waals surface area (Å²) in [6.07, 6.45) is 0. The van der Waals surface area contributed by atoms with Gasteiger partial charge in [0.1, 0.15) is 5.75 Å². The molecule has 128 valence electrons. The zero-order chi connectivity index (χ0) is 17.8. The van der Waals surface area contributed by atoms with Gasteiger partial charge in [-0.1, -0.05) is 40.2 Å². The number of halogens is 1. The number of ether oxygens (including phenoxy) is 1. The molecule has 1 aromatic heterocycles. The van der Waals surface area contributed by atoms with E-state index in [-0.39, 0.29) is 12.5 Å². The van der Waals surface area contributed by atoms with E-state index in [0.717, 1.165) is 32.6 Å². The number of hydrogen-bond acceptors (Lipinski definition) is 4. The molecular formula is C19H17BrN2O2S. The van der Waals surface area contributed by atoms with E-state index in [1.807, 2.05) is 61.7 Å². The lowest BCUT2D eigenvalue weighted by molar-refractivity contribution is -0.118. The molecule has 0 aliphatic rings. The quantitative estimate of drug-likeness (QED) is 0.620. The highest BCUT2D eigenvalue weighted by atomic mass is 79.9. The zero-order valence-corrected chi connectivity index (χ0v) is 16.3. The molecule has 0 aliphatic heterocycles. The van der Waals surface area contributed by atoms with Gasteiger partial charge in [0.15, 0.2) is 11.7 Å².